The minimum atomic E-state index is -1.39. The van der Waals surface area contributed by atoms with E-state index in [1.165, 1.54) is 4.90 Å². The van der Waals surface area contributed by atoms with Crippen molar-refractivity contribution in [3.05, 3.63) is 64.7 Å². The van der Waals surface area contributed by atoms with E-state index in [-0.39, 0.29) is 37.1 Å². The summed E-state index contributed by atoms with van der Waals surface area (Å²) in [7, 11) is 0. The number of carboxylic acid groups (broad SMARTS) is 1. The van der Waals surface area contributed by atoms with Crippen molar-refractivity contribution in [2.45, 2.75) is 44.7 Å². The molecule has 2 aromatic rings. The number of aryl methyl sites for hydroxylation is 2. The number of aliphatic carboxylic acids is 1. The predicted molar refractivity (Wildman–Crippen MR) is 124 cm³/mol. The average Bonchev–Trinajstić information content (AvgIpc) is 3.37. The van der Waals surface area contributed by atoms with Crippen LogP contribution in [0.5, 0.6) is 0 Å². The Hall–Kier alpha value is -3.52. The number of nitrogens with one attached hydrogen (secondary N) is 2. The molecule has 176 valence electrons. The molecule has 8 heteroatoms. The highest BCUT2D eigenvalue weighted by Crippen LogP contribution is 2.54. The van der Waals surface area contributed by atoms with Gasteiger partial charge in [0.05, 0.1) is 11.8 Å². The van der Waals surface area contributed by atoms with Crippen molar-refractivity contribution < 1.29 is 24.3 Å². The minimum absolute atomic E-state index is 0.150. The van der Waals surface area contributed by atoms with Gasteiger partial charge in [-0.1, -0.05) is 48.0 Å². The molecule has 3 amide bonds. The van der Waals surface area contributed by atoms with Gasteiger partial charge in [-0.15, -0.1) is 0 Å². The molecule has 0 radical (unpaired) electrons. The van der Waals surface area contributed by atoms with E-state index in [9.17, 15) is 24.3 Å². The third-order valence-corrected chi connectivity index (χ3v) is 7.39. The van der Waals surface area contributed by atoms with Crippen LogP contribution in [0, 0.1) is 25.7 Å². The van der Waals surface area contributed by atoms with Gasteiger partial charge >= 0.3 is 5.97 Å². The van der Waals surface area contributed by atoms with Gasteiger partial charge in [-0.25, -0.2) is 0 Å². The molecule has 2 saturated heterocycles. The number of nitrogens with zero attached hydrogens (tertiary/aromatic N) is 1. The zero-order chi connectivity index (χ0) is 24.2. The van der Waals surface area contributed by atoms with Gasteiger partial charge in [-0.3, -0.25) is 29.4 Å². The van der Waals surface area contributed by atoms with Crippen molar-refractivity contribution >= 4 is 29.4 Å². The van der Waals surface area contributed by atoms with Crippen molar-refractivity contribution in [2.75, 3.05) is 11.9 Å². The molecule has 0 aliphatic carbocycles. The maximum absolute atomic E-state index is 13.8. The van der Waals surface area contributed by atoms with Crippen molar-refractivity contribution in [3.8, 4) is 0 Å². The van der Waals surface area contributed by atoms with Gasteiger partial charge in [-0.05, 0) is 37.8 Å². The summed E-state index contributed by atoms with van der Waals surface area (Å²) in [6, 6.07) is 12.8. The van der Waals surface area contributed by atoms with E-state index in [1.807, 2.05) is 56.3 Å². The first-order valence-electron chi connectivity index (χ1n) is 11.6. The minimum Gasteiger partial charge on any atom is -0.481 e. The maximum atomic E-state index is 13.8. The van der Waals surface area contributed by atoms with E-state index in [4.69, 9.17) is 0 Å². The zero-order valence-corrected chi connectivity index (χ0v) is 19.1. The number of carboxylic acids is 1. The molecule has 0 aromatic heterocycles. The molecule has 3 aliphatic rings. The lowest BCUT2D eigenvalue weighted by Gasteiger charge is -2.30. The molecule has 2 unspecified atom stereocenters. The second-order valence-corrected chi connectivity index (χ2v) is 9.52. The highest BCUT2D eigenvalue weighted by molar-refractivity contribution is 6.15. The standard InChI is InChI=1S/C26H27N3O5/c1-14-12-15(2)22-17(13-14)26(25(34)27-22)21-20(18(28-26)8-9-19(30)31)23(32)29(24(21)33)11-10-16-6-4-3-5-7-16/h3-7,12-13,18,20-21,28H,8-11H2,1-2H3,(H,27,34)(H,30,31)/t18?,20-,21+,26?/m1/s1. The van der Waals surface area contributed by atoms with E-state index >= 15 is 0 Å². The average molecular weight is 462 g/mol. The Morgan fingerprint density at radius 3 is 2.53 bits per heavy atom. The number of anilines is 1. The highest BCUT2D eigenvalue weighted by atomic mass is 16.4. The molecule has 0 saturated carbocycles. The number of amides is 3. The first-order valence-corrected chi connectivity index (χ1v) is 11.6. The molecule has 4 atom stereocenters. The summed E-state index contributed by atoms with van der Waals surface area (Å²) in [6.07, 6.45) is 0.500. The molecule has 3 aliphatic heterocycles. The number of imide groups is 1. The summed E-state index contributed by atoms with van der Waals surface area (Å²) < 4.78 is 0. The molecule has 1 spiro atoms. The monoisotopic (exact) mass is 461 g/mol. The van der Waals surface area contributed by atoms with Crippen LogP contribution in [-0.4, -0.2) is 46.3 Å². The molecule has 34 heavy (non-hydrogen) atoms. The van der Waals surface area contributed by atoms with Crippen LogP contribution in [0.25, 0.3) is 0 Å². The van der Waals surface area contributed by atoms with Crippen LogP contribution >= 0.6 is 0 Å². The number of rotatable bonds is 6. The van der Waals surface area contributed by atoms with Crippen LogP contribution in [0.3, 0.4) is 0 Å². The van der Waals surface area contributed by atoms with E-state index in [0.29, 0.717) is 17.7 Å². The van der Waals surface area contributed by atoms with Crippen LogP contribution in [-0.2, 0) is 31.1 Å². The van der Waals surface area contributed by atoms with Crippen LogP contribution in [0.2, 0.25) is 0 Å². The molecule has 8 nitrogen and oxygen atoms in total. The fourth-order valence-corrected chi connectivity index (χ4v) is 5.95. The van der Waals surface area contributed by atoms with E-state index < -0.39 is 29.4 Å². The van der Waals surface area contributed by atoms with Gasteiger partial charge in [0.1, 0.15) is 5.54 Å². The normalized spacial score (nSPS) is 27.3. The topological polar surface area (TPSA) is 116 Å². The number of benzene rings is 2. The Morgan fingerprint density at radius 1 is 1.09 bits per heavy atom. The highest BCUT2D eigenvalue weighted by Gasteiger charge is 2.70. The van der Waals surface area contributed by atoms with Gasteiger partial charge in [0.25, 0.3) is 0 Å². The lowest BCUT2D eigenvalue weighted by atomic mass is 9.75. The Balaban J connectivity index is 1.55. The van der Waals surface area contributed by atoms with Crippen LogP contribution in [0.1, 0.15) is 35.1 Å². The van der Waals surface area contributed by atoms with Crippen LogP contribution in [0.4, 0.5) is 5.69 Å². The zero-order valence-electron chi connectivity index (χ0n) is 19.1. The first-order chi connectivity index (χ1) is 16.2. The largest absolute Gasteiger partial charge is 0.481 e. The van der Waals surface area contributed by atoms with Crippen molar-refractivity contribution in [3.63, 3.8) is 0 Å². The smallest absolute Gasteiger partial charge is 0.303 e. The number of hydrogen-bond acceptors (Lipinski definition) is 5. The van der Waals surface area contributed by atoms with Crippen LogP contribution < -0.4 is 10.6 Å². The quantitative estimate of drug-likeness (QED) is 0.568. The molecule has 5 rings (SSSR count). The molecule has 3 heterocycles. The fourth-order valence-electron chi connectivity index (χ4n) is 5.95. The third-order valence-electron chi connectivity index (χ3n) is 7.39. The maximum Gasteiger partial charge on any atom is 0.303 e. The van der Waals surface area contributed by atoms with Gasteiger partial charge < -0.3 is 10.4 Å². The molecular weight excluding hydrogens is 434 g/mol. The van der Waals surface area contributed by atoms with Gasteiger partial charge in [0.15, 0.2) is 0 Å². The van der Waals surface area contributed by atoms with E-state index in [0.717, 1.165) is 16.7 Å². The van der Waals surface area contributed by atoms with Crippen molar-refractivity contribution in [2.24, 2.45) is 11.8 Å². The Morgan fingerprint density at radius 2 is 1.82 bits per heavy atom. The lowest BCUT2D eigenvalue weighted by Crippen LogP contribution is -2.53. The number of fused-ring (bicyclic) bond motifs is 4. The summed E-state index contributed by atoms with van der Waals surface area (Å²) in [5.41, 5.74) is 2.75. The summed E-state index contributed by atoms with van der Waals surface area (Å²) in [6.45, 7) is 4.04. The molecular formula is C26H27N3O5. The van der Waals surface area contributed by atoms with Gasteiger partial charge in [0.2, 0.25) is 17.7 Å². The number of likely N-dealkylation sites (tertiary alicyclic amines) is 1. The summed E-state index contributed by atoms with van der Waals surface area (Å²) in [4.78, 5) is 53.4. The molecule has 2 aromatic carbocycles. The van der Waals surface area contributed by atoms with Gasteiger partial charge in [-0.2, -0.15) is 0 Å². The predicted octanol–water partition coefficient (Wildman–Crippen LogP) is 2.13. The van der Waals surface area contributed by atoms with Crippen LogP contribution in [0.15, 0.2) is 42.5 Å². The molecule has 3 N–H and O–H groups in total. The number of hydrogen-bond donors (Lipinski definition) is 3. The van der Waals surface area contributed by atoms with Crippen molar-refractivity contribution in [1.29, 1.82) is 0 Å². The Kier molecular flexibility index (Phi) is 5.28. The summed E-state index contributed by atoms with van der Waals surface area (Å²) in [5, 5.41) is 15.5. The lowest BCUT2D eigenvalue weighted by molar-refractivity contribution is -0.143. The second kappa shape index (κ2) is 8.06. The Labute approximate surface area is 197 Å². The van der Waals surface area contributed by atoms with Crippen molar-refractivity contribution in [1.82, 2.24) is 10.2 Å². The second-order valence-electron chi connectivity index (χ2n) is 9.52. The fraction of sp³-hybridized carbons (Fsp3) is 0.385. The SMILES string of the molecule is Cc1cc(C)c2c(c1)C1(NC(CCC(=O)O)[C@H]3C(=O)N(CCc4ccccc4)C(=O)[C@H]31)C(=O)N2. The summed E-state index contributed by atoms with van der Waals surface area (Å²) in [5.74, 6) is -3.78. The van der Waals surface area contributed by atoms with E-state index in [2.05, 4.69) is 10.6 Å². The Bertz CT molecular complexity index is 1210. The summed E-state index contributed by atoms with van der Waals surface area (Å²) >= 11 is 0. The number of carbonyl (C=O) groups is 4. The van der Waals surface area contributed by atoms with Gasteiger partial charge in [0, 0.05) is 30.3 Å². The van der Waals surface area contributed by atoms with E-state index in [1.54, 1.807) is 0 Å². The third kappa shape index (κ3) is 3.24. The molecule has 0 bridgehead atoms. The first kappa shape index (κ1) is 22.3. The molecule has 2 fully saturated rings. The number of carbonyl (C=O) groups excluding carboxylic acids is 3.